The molecule has 0 heterocycles. The predicted octanol–water partition coefficient (Wildman–Crippen LogP) is 2.37. The zero-order valence-electron chi connectivity index (χ0n) is 16.2. The number of nitrogens with one attached hydrogen (secondary N) is 1. The van der Waals surface area contributed by atoms with Crippen molar-refractivity contribution in [2.75, 3.05) is 23.4 Å². The molecule has 0 fully saturated rings. The first-order valence-corrected chi connectivity index (χ1v) is 12.4. The number of anilines is 1. The zero-order valence-corrected chi connectivity index (χ0v) is 17.8. The lowest BCUT2D eigenvalue weighted by Crippen LogP contribution is -2.29. The Morgan fingerprint density at radius 3 is 1.93 bits per heavy atom. The first kappa shape index (κ1) is 21.9. The number of benzene rings is 2. The number of carbonyl (C=O) groups is 1. The fourth-order valence-electron chi connectivity index (χ4n) is 2.75. The van der Waals surface area contributed by atoms with Crippen molar-refractivity contribution in [1.29, 1.82) is 0 Å². The molecule has 1 atom stereocenters. The van der Waals surface area contributed by atoms with Crippen LogP contribution in [0.2, 0.25) is 0 Å². The topological polar surface area (TPSA) is 101 Å². The number of amides is 1. The Labute approximate surface area is 166 Å². The molecule has 0 saturated heterocycles. The van der Waals surface area contributed by atoms with Crippen molar-refractivity contribution in [3.05, 3.63) is 59.7 Å². The van der Waals surface area contributed by atoms with Gasteiger partial charge in [0.15, 0.2) is 9.84 Å². The Morgan fingerprint density at radius 2 is 1.50 bits per heavy atom. The van der Waals surface area contributed by atoms with Gasteiger partial charge in [-0.1, -0.05) is 12.1 Å². The minimum Gasteiger partial charge on any atom is -0.346 e. The van der Waals surface area contributed by atoms with Gasteiger partial charge in [-0.3, -0.25) is 9.10 Å². The average molecular weight is 425 g/mol. The molecule has 0 aliphatic heterocycles. The third kappa shape index (κ3) is 5.32. The molecule has 0 aliphatic rings. The third-order valence-corrected chi connectivity index (χ3v) is 6.66. The molecule has 2 rings (SSSR count). The molecule has 0 spiro atoms. The van der Waals surface area contributed by atoms with E-state index in [2.05, 4.69) is 5.32 Å². The molecule has 7 nitrogen and oxygen atoms in total. The van der Waals surface area contributed by atoms with E-state index in [1.54, 1.807) is 50.2 Å². The summed E-state index contributed by atoms with van der Waals surface area (Å²) < 4.78 is 47.9. The van der Waals surface area contributed by atoms with E-state index in [1.165, 1.54) is 16.4 Å². The molecule has 28 heavy (non-hydrogen) atoms. The number of sulfonamides is 1. The Bertz CT molecular complexity index is 1040. The Hall–Kier alpha value is -2.39. The number of hydrogen-bond acceptors (Lipinski definition) is 5. The fourth-order valence-corrected chi connectivity index (χ4v) is 4.36. The number of rotatable bonds is 7. The van der Waals surface area contributed by atoms with Crippen LogP contribution in [0.25, 0.3) is 0 Å². The molecule has 0 saturated carbocycles. The molecule has 2 aromatic rings. The van der Waals surface area contributed by atoms with Crippen LogP contribution in [0, 0.1) is 0 Å². The first-order valence-electron chi connectivity index (χ1n) is 8.62. The number of nitrogens with zero attached hydrogens (tertiary/aromatic N) is 1. The van der Waals surface area contributed by atoms with Crippen LogP contribution >= 0.6 is 0 Å². The maximum atomic E-state index is 12.5. The summed E-state index contributed by atoms with van der Waals surface area (Å²) in [5.41, 5.74) is 1.66. The predicted molar refractivity (Wildman–Crippen MR) is 110 cm³/mol. The molecule has 2 aromatic carbocycles. The summed E-state index contributed by atoms with van der Waals surface area (Å²) in [6.45, 7) is 3.83. The van der Waals surface area contributed by atoms with Crippen LogP contribution in [-0.4, -0.2) is 41.8 Å². The van der Waals surface area contributed by atoms with E-state index in [9.17, 15) is 21.6 Å². The minimum absolute atomic E-state index is 0.219. The summed E-state index contributed by atoms with van der Waals surface area (Å²) in [4.78, 5) is 12.7. The summed E-state index contributed by atoms with van der Waals surface area (Å²) in [7, 11) is -6.65. The van der Waals surface area contributed by atoms with E-state index in [0.29, 0.717) is 17.8 Å². The quantitative estimate of drug-likeness (QED) is 0.735. The van der Waals surface area contributed by atoms with Gasteiger partial charge in [0.25, 0.3) is 5.91 Å². The van der Waals surface area contributed by atoms with Crippen molar-refractivity contribution in [3.63, 3.8) is 0 Å². The molecule has 152 valence electrons. The van der Waals surface area contributed by atoms with Gasteiger partial charge in [-0.2, -0.15) is 0 Å². The third-order valence-electron chi connectivity index (χ3n) is 4.26. The van der Waals surface area contributed by atoms with Crippen LogP contribution in [0.5, 0.6) is 0 Å². The highest BCUT2D eigenvalue weighted by Crippen LogP contribution is 2.20. The van der Waals surface area contributed by atoms with Gasteiger partial charge in [-0.05, 0) is 55.8 Å². The molecular formula is C19H24N2O5S2. The van der Waals surface area contributed by atoms with Gasteiger partial charge in [-0.15, -0.1) is 0 Å². The molecule has 9 heteroatoms. The van der Waals surface area contributed by atoms with E-state index in [1.807, 2.05) is 0 Å². The van der Waals surface area contributed by atoms with Crippen LogP contribution in [0.1, 0.15) is 35.8 Å². The van der Waals surface area contributed by atoms with Crippen molar-refractivity contribution >= 4 is 31.5 Å². The van der Waals surface area contributed by atoms with Gasteiger partial charge in [-0.25, -0.2) is 16.8 Å². The van der Waals surface area contributed by atoms with Crippen LogP contribution in [0.15, 0.2) is 53.4 Å². The van der Waals surface area contributed by atoms with E-state index in [-0.39, 0.29) is 16.8 Å². The fraction of sp³-hybridized carbons (Fsp3) is 0.316. The Kier molecular flexibility index (Phi) is 6.51. The van der Waals surface area contributed by atoms with Gasteiger partial charge < -0.3 is 5.32 Å². The lowest BCUT2D eigenvalue weighted by atomic mass is 10.1. The van der Waals surface area contributed by atoms with Crippen molar-refractivity contribution in [2.24, 2.45) is 0 Å². The van der Waals surface area contributed by atoms with E-state index >= 15 is 0 Å². The summed E-state index contributed by atoms with van der Waals surface area (Å²) >= 11 is 0. The van der Waals surface area contributed by atoms with E-state index in [4.69, 9.17) is 0 Å². The second-order valence-electron chi connectivity index (χ2n) is 6.51. The number of sulfone groups is 1. The van der Waals surface area contributed by atoms with Crippen LogP contribution in [0.4, 0.5) is 5.69 Å². The monoisotopic (exact) mass is 424 g/mol. The molecule has 0 aromatic heterocycles. The van der Waals surface area contributed by atoms with E-state index in [0.717, 1.165) is 18.1 Å². The second kappa shape index (κ2) is 8.32. The van der Waals surface area contributed by atoms with Crippen LogP contribution in [-0.2, 0) is 19.9 Å². The maximum Gasteiger partial charge on any atom is 0.251 e. The molecule has 1 amide bonds. The van der Waals surface area contributed by atoms with Gasteiger partial charge in [0.1, 0.15) is 0 Å². The van der Waals surface area contributed by atoms with Gasteiger partial charge in [0, 0.05) is 18.4 Å². The van der Waals surface area contributed by atoms with Crippen LogP contribution in [0.3, 0.4) is 0 Å². The molecule has 0 aliphatic carbocycles. The normalized spacial score (nSPS) is 13.0. The largest absolute Gasteiger partial charge is 0.346 e. The van der Waals surface area contributed by atoms with Crippen molar-refractivity contribution in [2.45, 2.75) is 24.8 Å². The van der Waals surface area contributed by atoms with E-state index < -0.39 is 19.9 Å². The van der Waals surface area contributed by atoms with Crippen LogP contribution < -0.4 is 9.62 Å². The molecule has 1 N–H and O–H groups in total. The summed E-state index contributed by atoms with van der Waals surface area (Å²) in [6.07, 6.45) is 2.27. The standard InChI is InChI=1S/C19H24N2O5S2/c1-5-21(28(4,25)26)17-10-6-16(7-11-17)19(22)20-14(2)15-8-12-18(13-9-15)27(3,23)24/h6-14H,5H2,1-4H3,(H,20,22)/t14-/m0/s1. The maximum absolute atomic E-state index is 12.5. The van der Waals surface area contributed by atoms with Crippen molar-refractivity contribution in [3.8, 4) is 0 Å². The summed E-state index contributed by atoms with van der Waals surface area (Å²) in [5, 5.41) is 2.84. The Balaban J connectivity index is 2.12. The van der Waals surface area contributed by atoms with Crippen molar-refractivity contribution in [1.82, 2.24) is 5.32 Å². The average Bonchev–Trinajstić information content (AvgIpc) is 2.61. The molecule has 0 bridgehead atoms. The highest BCUT2D eigenvalue weighted by atomic mass is 32.2. The van der Waals surface area contributed by atoms with Gasteiger partial charge in [0.05, 0.1) is 22.9 Å². The second-order valence-corrected chi connectivity index (χ2v) is 10.4. The van der Waals surface area contributed by atoms with Gasteiger partial charge in [0.2, 0.25) is 10.0 Å². The van der Waals surface area contributed by atoms with Gasteiger partial charge >= 0.3 is 0 Å². The number of carbonyl (C=O) groups excluding carboxylic acids is 1. The highest BCUT2D eigenvalue weighted by molar-refractivity contribution is 7.92. The lowest BCUT2D eigenvalue weighted by molar-refractivity contribution is 0.0940. The SMILES string of the molecule is CCN(c1ccc(C(=O)N[C@@H](C)c2ccc(S(C)(=O)=O)cc2)cc1)S(C)(=O)=O. The molecule has 0 radical (unpaired) electrons. The first-order chi connectivity index (χ1) is 12.9. The zero-order chi connectivity index (χ0) is 21.1. The van der Waals surface area contributed by atoms with Crippen molar-refractivity contribution < 1.29 is 21.6 Å². The Morgan fingerprint density at radius 1 is 0.964 bits per heavy atom. The lowest BCUT2D eigenvalue weighted by Gasteiger charge is -2.20. The molecular weight excluding hydrogens is 400 g/mol. The highest BCUT2D eigenvalue weighted by Gasteiger charge is 2.17. The number of hydrogen-bond donors (Lipinski definition) is 1. The molecule has 0 unspecified atom stereocenters. The smallest absolute Gasteiger partial charge is 0.251 e. The minimum atomic E-state index is -3.38. The summed E-state index contributed by atoms with van der Waals surface area (Å²) in [6, 6.07) is 12.3. The summed E-state index contributed by atoms with van der Waals surface area (Å²) in [5.74, 6) is -0.311.